The minimum atomic E-state index is -0.421. The van der Waals surface area contributed by atoms with Gasteiger partial charge in [-0.15, -0.1) is 0 Å². The fourth-order valence-electron chi connectivity index (χ4n) is 2.18. The van der Waals surface area contributed by atoms with Crippen LogP contribution in [0.4, 0.5) is 11.5 Å². The lowest BCUT2D eigenvalue weighted by Crippen LogP contribution is -2.30. The van der Waals surface area contributed by atoms with Crippen molar-refractivity contribution >= 4 is 11.5 Å². The average Bonchev–Trinajstić information content (AvgIpc) is 2.76. The number of nitrogens with zero attached hydrogens (tertiary/aromatic N) is 2. The summed E-state index contributed by atoms with van der Waals surface area (Å²) in [5, 5.41) is 13.8. The highest BCUT2D eigenvalue weighted by molar-refractivity contribution is 5.45. The number of hydrogen-bond donors (Lipinski definition) is 1. The van der Waals surface area contributed by atoms with Gasteiger partial charge in [-0.05, 0) is 19.3 Å². The fourth-order valence-corrected chi connectivity index (χ4v) is 2.18. The van der Waals surface area contributed by atoms with Gasteiger partial charge in [-0.3, -0.25) is 10.1 Å². The van der Waals surface area contributed by atoms with Crippen LogP contribution in [0.2, 0.25) is 0 Å². The van der Waals surface area contributed by atoms with Gasteiger partial charge in [0.1, 0.15) is 5.82 Å². The SMILES string of the molecule is COC1CCCC1Nc1cc([N+](=O)[O-])ccn1. The van der Waals surface area contributed by atoms with Crippen molar-refractivity contribution in [2.45, 2.75) is 31.4 Å². The van der Waals surface area contributed by atoms with E-state index in [-0.39, 0.29) is 17.8 Å². The van der Waals surface area contributed by atoms with Crippen molar-refractivity contribution in [3.63, 3.8) is 0 Å². The lowest BCUT2D eigenvalue weighted by atomic mass is 10.2. The van der Waals surface area contributed by atoms with Crippen LogP contribution in [0.1, 0.15) is 19.3 Å². The number of aromatic nitrogens is 1. The van der Waals surface area contributed by atoms with E-state index in [0.29, 0.717) is 5.82 Å². The number of methoxy groups -OCH3 is 1. The van der Waals surface area contributed by atoms with Gasteiger partial charge in [0, 0.05) is 19.4 Å². The normalized spacial score (nSPS) is 23.6. The molecule has 1 saturated carbocycles. The molecule has 0 amide bonds. The summed E-state index contributed by atoms with van der Waals surface area (Å²) in [5.41, 5.74) is 0.0504. The van der Waals surface area contributed by atoms with Crippen LogP contribution in [0.25, 0.3) is 0 Å². The number of ether oxygens (including phenoxy) is 1. The zero-order valence-electron chi connectivity index (χ0n) is 9.63. The molecule has 1 aliphatic carbocycles. The Morgan fingerprint density at radius 1 is 1.59 bits per heavy atom. The molecule has 2 unspecified atom stereocenters. The first kappa shape index (κ1) is 11.8. The maximum absolute atomic E-state index is 10.6. The molecule has 1 aromatic rings. The third-order valence-electron chi connectivity index (χ3n) is 3.04. The van der Waals surface area contributed by atoms with Crippen LogP contribution >= 0.6 is 0 Å². The van der Waals surface area contributed by atoms with Crippen LogP contribution < -0.4 is 5.32 Å². The summed E-state index contributed by atoms with van der Waals surface area (Å²) in [5.74, 6) is 0.535. The van der Waals surface area contributed by atoms with E-state index in [9.17, 15) is 10.1 Å². The predicted octanol–water partition coefficient (Wildman–Crippen LogP) is 1.97. The third kappa shape index (κ3) is 2.71. The van der Waals surface area contributed by atoms with E-state index in [2.05, 4.69) is 10.3 Å². The molecule has 0 bridgehead atoms. The molecule has 2 rings (SSSR count). The summed E-state index contributed by atoms with van der Waals surface area (Å²) in [4.78, 5) is 14.3. The molecular weight excluding hydrogens is 222 g/mol. The highest BCUT2D eigenvalue weighted by atomic mass is 16.6. The first-order valence-electron chi connectivity index (χ1n) is 5.60. The minimum Gasteiger partial charge on any atom is -0.379 e. The molecule has 1 aromatic heterocycles. The molecule has 0 aromatic carbocycles. The highest BCUT2D eigenvalue weighted by Crippen LogP contribution is 2.25. The Morgan fingerprint density at radius 2 is 2.41 bits per heavy atom. The number of anilines is 1. The Labute approximate surface area is 99.2 Å². The summed E-state index contributed by atoms with van der Waals surface area (Å²) in [6.45, 7) is 0. The Morgan fingerprint density at radius 3 is 3.12 bits per heavy atom. The molecule has 0 aliphatic heterocycles. The number of nitro groups is 1. The number of nitrogens with one attached hydrogen (secondary N) is 1. The molecule has 0 spiro atoms. The highest BCUT2D eigenvalue weighted by Gasteiger charge is 2.27. The van der Waals surface area contributed by atoms with Crippen molar-refractivity contribution < 1.29 is 9.66 Å². The zero-order valence-corrected chi connectivity index (χ0v) is 9.63. The Kier molecular flexibility index (Phi) is 3.53. The van der Waals surface area contributed by atoms with Crippen LogP contribution in [0.5, 0.6) is 0 Å². The largest absolute Gasteiger partial charge is 0.379 e. The van der Waals surface area contributed by atoms with Crippen LogP contribution in [0.3, 0.4) is 0 Å². The summed E-state index contributed by atoms with van der Waals surface area (Å²) in [7, 11) is 1.69. The molecule has 1 heterocycles. The van der Waals surface area contributed by atoms with Crippen molar-refractivity contribution in [1.29, 1.82) is 0 Å². The first-order chi connectivity index (χ1) is 8.20. The van der Waals surface area contributed by atoms with E-state index in [1.807, 2.05) is 0 Å². The van der Waals surface area contributed by atoms with Gasteiger partial charge in [0.05, 0.1) is 23.1 Å². The van der Waals surface area contributed by atoms with Gasteiger partial charge >= 0.3 is 0 Å². The van der Waals surface area contributed by atoms with Crippen LogP contribution in [-0.4, -0.2) is 29.2 Å². The van der Waals surface area contributed by atoms with Gasteiger partial charge in [0.2, 0.25) is 0 Å². The number of hydrogen-bond acceptors (Lipinski definition) is 5. The van der Waals surface area contributed by atoms with Crippen molar-refractivity contribution in [2.75, 3.05) is 12.4 Å². The van der Waals surface area contributed by atoms with Gasteiger partial charge in [-0.25, -0.2) is 4.98 Å². The molecule has 1 N–H and O–H groups in total. The number of pyridine rings is 1. The molecular formula is C11H15N3O3. The van der Waals surface area contributed by atoms with Gasteiger partial charge in [-0.2, -0.15) is 0 Å². The molecule has 17 heavy (non-hydrogen) atoms. The Balaban J connectivity index is 2.07. The minimum absolute atomic E-state index is 0.0504. The van der Waals surface area contributed by atoms with Gasteiger partial charge < -0.3 is 10.1 Å². The maximum Gasteiger partial charge on any atom is 0.274 e. The quantitative estimate of drug-likeness (QED) is 0.639. The van der Waals surface area contributed by atoms with E-state index < -0.39 is 4.92 Å². The predicted molar refractivity (Wildman–Crippen MR) is 63.0 cm³/mol. The smallest absolute Gasteiger partial charge is 0.274 e. The van der Waals surface area contributed by atoms with Gasteiger partial charge in [-0.1, -0.05) is 0 Å². The van der Waals surface area contributed by atoms with Gasteiger partial charge in [0.15, 0.2) is 0 Å². The molecule has 2 atom stereocenters. The van der Waals surface area contributed by atoms with Crippen LogP contribution in [0.15, 0.2) is 18.3 Å². The van der Waals surface area contributed by atoms with E-state index in [0.717, 1.165) is 19.3 Å². The molecule has 0 radical (unpaired) electrons. The van der Waals surface area contributed by atoms with E-state index in [1.165, 1.54) is 18.3 Å². The number of rotatable bonds is 4. The lowest BCUT2D eigenvalue weighted by Gasteiger charge is -2.19. The summed E-state index contributed by atoms with van der Waals surface area (Å²) < 4.78 is 5.35. The van der Waals surface area contributed by atoms with Crippen LogP contribution in [0, 0.1) is 10.1 Å². The standard InChI is InChI=1S/C11H15N3O3/c1-17-10-4-2-3-9(10)13-11-7-8(14(15)16)5-6-12-11/h5-7,9-10H,2-4H2,1H3,(H,12,13). The average molecular weight is 237 g/mol. The molecule has 6 heteroatoms. The van der Waals surface area contributed by atoms with Crippen molar-refractivity contribution in [2.24, 2.45) is 0 Å². The summed E-state index contributed by atoms with van der Waals surface area (Å²) in [6, 6.07) is 3.02. The molecule has 1 fully saturated rings. The third-order valence-corrected chi connectivity index (χ3v) is 3.04. The summed E-state index contributed by atoms with van der Waals surface area (Å²) in [6.07, 6.45) is 4.73. The maximum atomic E-state index is 10.6. The second-order valence-electron chi connectivity index (χ2n) is 4.11. The fraction of sp³-hybridized carbons (Fsp3) is 0.545. The molecule has 92 valence electrons. The van der Waals surface area contributed by atoms with Gasteiger partial charge in [0.25, 0.3) is 5.69 Å². The topological polar surface area (TPSA) is 77.3 Å². The Bertz CT molecular complexity index is 411. The molecule has 6 nitrogen and oxygen atoms in total. The van der Waals surface area contributed by atoms with Crippen molar-refractivity contribution in [1.82, 2.24) is 4.98 Å². The lowest BCUT2D eigenvalue weighted by molar-refractivity contribution is -0.384. The molecule has 0 saturated heterocycles. The zero-order chi connectivity index (χ0) is 12.3. The van der Waals surface area contributed by atoms with Crippen LogP contribution in [-0.2, 0) is 4.74 Å². The van der Waals surface area contributed by atoms with E-state index >= 15 is 0 Å². The monoisotopic (exact) mass is 237 g/mol. The van der Waals surface area contributed by atoms with E-state index in [4.69, 9.17) is 4.74 Å². The van der Waals surface area contributed by atoms with E-state index in [1.54, 1.807) is 7.11 Å². The first-order valence-corrected chi connectivity index (χ1v) is 5.60. The van der Waals surface area contributed by atoms with Crippen molar-refractivity contribution in [3.05, 3.63) is 28.4 Å². The Hall–Kier alpha value is -1.69. The molecule has 1 aliphatic rings. The summed E-state index contributed by atoms with van der Waals surface area (Å²) >= 11 is 0. The van der Waals surface area contributed by atoms with Crippen molar-refractivity contribution in [3.8, 4) is 0 Å². The second kappa shape index (κ2) is 5.09. The second-order valence-corrected chi connectivity index (χ2v) is 4.11.